The second-order valence-electron chi connectivity index (χ2n) is 23.9. The normalized spacial score (nSPS) is 12.8. The first-order valence-electron chi connectivity index (χ1n) is 34.9. The Hall–Kier alpha value is -2.18. The number of esters is 1. The van der Waals surface area contributed by atoms with E-state index in [9.17, 15) is 19.8 Å². The van der Waals surface area contributed by atoms with Crippen molar-refractivity contribution in [2.75, 3.05) is 13.2 Å². The first-order chi connectivity index (χ1) is 38.5. The Bertz CT molecular complexity index is 1310. The van der Waals surface area contributed by atoms with Crippen LogP contribution in [0.2, 0.25) is 0 Å². The molecule has 0 saturated heterocycles. The minimum Gasteiger partial charge on any atom is -0.465 e. The molecule has 0 aliphatic rings. The van der Waals surface area contributed by atoms with E-state index >= 15 is 0 Å². The molecule has 0 aromatic carbocycles. The maximum absolute atomic E-state index is 12.5. The fourth-order valence-corrected chi connectivity index (χ4v) is 10.8. The van der Waals surface area contributed by atoms with Crippen LogP contribution in [0.5, 0.6) is 0 Å². The third-order valence-corrected chi connectivity index (χ3v) is 16.1. The summed E-state index contributed by atoms with van der Waals surface area (Å²) in [5.74, 6) is -0.113. The highest BCUT2D eigenvalue weighted by atomic mass is 16.5. The SMILES string of the molecule is CCCCCCCC/C=C\CCCCCCCC(=O)OCC/C=C\C/C=C\CCCCCCCCCCCCCCCCC(=O)NC(CO)C(O)/C=C/CCCCCCCCCCCCCCCCCCCCCCCCC. The monoisotopic (exact) mass is 1090 g/mol. The number of carbonyl (C=O) groups is 2. The quantitative estimate of drug-likeness (QED) is 0.0320. The van der Waals surface area contributed by atoms with Gasteiger partial charge in [-0.3, -0.25) is 9.59 Å². The summed E-state index contributed by atoms with van der Waals surface area (Å²) in [6, 6.07) is -0.634. The maximum atomic E-state index is 12.5. The Balaban J connectivity index is 3.48. The summed E-state index contributed by atoms with van der Waals surface area (Å²) in [6.45, 7) is 4.81. The van der Waals surface area contributed by atoms with Crippen molar-refractivity contribution < 1.29 is 24.5 Å². The van der Waals surface area contributed by atoms with E-state index in [-0.39, 0.29) is 18.5 Å². The first-order valence-corrected chi connectivity index (χ1v) is 34.9. The van der Waals surface area contributed by atoms with E-state index in [1.54, 1.807) is 6.08 Å². The summed E-state index contributed by atoms with van der Waals surface area (Å²) in [5.41, 5.74) is 0. The fraction of sp³-hybridized carbons (Fsp3) is 0.861. The van der Waals surface area contributed by atoms with Crippen LogP contribution in [0.25, 0.3) is 0 Å². The molecular weight excluding hydrogens is 959 g/mol. The van der Waals surface area contributed by atoms with Gasteiger partial charge < -0.3 is 20.3 Å². The minimum absolute atomic E-state index is 0.0434. The lowest BCUT2D eigenvalue weighted by molar-refractivity contribution is -0.143. The molecule has 0 fully saturated rings. The van der Waals surface area contributed by atoms with Crippen molar-refractivity contribution in [3.63, 3.8) is 0 Å². The molecule has 6 heteroatoms. The molecule has 0 radical (unpaired) electrons. The highest BCUT2D eigenvalue weighted by molar-refractivity contribution is 5.76. The summed E-state index contributed by atoms with van der Waals surface area (Å²) >= 11 is 0. The molecule has 2 atom stereocenters. The molecule has 458 valence electrons. The van der Waals surface area contributed by atoms with Crippen molar-refractivity contribution in [1.82, 2.24) is 5.32 Å². The van der Waals surface area contributed by atoms with Gasteiger partial charge in [0.25, 0.3) is 0 Å². The Morgan fingerprint density at radius 3 is 0.987 bits per heavy atom. The van der Waals surface area contributed by atoms with Gasteiger partial charge in [0.2, 0.25) is 5.91 Å². The van der Waals surface area contributed by atoms with Crippen LogP contribution < -0.4 is 5.32 Å². The third kappa shape index (κ3) is 63.0. The molecule has 78 heavy (non-hydrogen) atoms. The number of nitrogens with one attached hydrogen (secondary N) is 1. The predicted molar refractivity (Wildman–Crippen MR) is 342 cm³/mol. The number of aliphatic hydroxyl groups is 2. The standard InChI is InChI=1S/C72H135NO5/c1-3-5-7-9-11-13-15-17-19-20-21-22-23-24-25-27-30-33-37-40-44-48-52-56-60-64-70(75)69(68-74)73-71(76)65-61-57-53-49-45-41-38-34-31-28-26-29-32-35-39-43-47-51-55-59-63-67-78-72(77)66-62-58-54-50-46-42-36-18-16-14-12-10-8-6-4-2/h18,36,43,47,55,59-60,64,69-70,74-75H,3-17,19-35,37-42,44-46,48-54,56-58,61-63,65-68H2,1-2H3,(H,73,76)/b36-18-,47-43-,59-55-,64-60+. The molecule has 0 saturated carbocycles. The van der Waals surface area contributed by atoms with Gasteiger partial charge in [0.1, 0.15) is 0 Å². The average molecular weight is 1090 g/mol. The molecule has 0 spiro atoms. The lowest BCUT2D eigenvalue weighted by Crippen LogP contribution is -2.45. The zero-order valence-electron chi connectivity index (χ0n) is 52.4. The number of carbonyl (C=O) groups excluding carboxylic acids is 2. The second-order valence-corrected chi connectivity index (χ2v) is 23.9. The molecule has 2 unspecified atom stereocenters. The summed E-state index contributed by atoms with van der Waals surface area (Å²) < 4.78 is 5.42. The molecule has 0 bridgehead atoms. The maximum Gasteiger partial charge on any atom is 0.305 e. The largest absolute Gasteiger partial charge is 0.465 e. The van der Waals surface area contributed by atoms with Gasteiger partial charge in [0.05, 0.1) is 25.4 Å². The van der Waals surface area contributed by atoms with Crippen LogP contribution in [0.3, 0.4) is 0 Å². The van der Waals surface area contributed by atoms with Crippen LogP contribution in [0.4, 0.5) is 0 Å². The summed E-state index contributed by atoms with van der Waals surface area (Å²) in [5, 5.41) is 23.3. The molecule has 0 aliphatic carbocycles. The lowest BCUT2D eigenvalue weighted by Gasteiger charge is -2.20. The van der Waals surface area contributed by atoms with E-state index in [1.807, 2.05) is 6.08 Å². The third-order valence-electron chi connectivity index (χ3n) is 16.1. The molecule has 0 aromatic heterocycles. The topological polar surface area (TPSA) is 95.9 Å². The molecule has 6 nitrogen and oxygen atoms in total. The van der Waals surface area contributed by atoms with Gasteiger partial charge in [-0.1, -0.05) is 332 Å². The number of ether oxygens (including phenoxy) is 1. The van der Waals surface area contributed by atoms with Gasteiger partial charge >= 0.3 is 5.97 Å². The van der Waals surface area contributed by atoms with E-state index < -0.39 is 12.1 Å². The highest BCUT2D eigenvalue weighted by Crippen LogP contribution is 2.18. The number of rotatable bonds is 65. The second kappa shape index (κ2) is 67.3. The lowest BCUT2D eigenvalue weighted by atomic mass is 10.0. The Labute approximate surface area is 486 Å². The number of aliphatic hydroxyl groups excluding tert-OH is 2. The number of unbranched alkanes of at least 4 members (excludes halogenated alkanes) is 48. The van der Waals surface area contributed by atoms with Gasteiger partial charge in [0.15, 0.2) is 0 Å². The predicted octanol–water partition coefficient (Wildman–Crippen LogP) is 22.5. The van der Waals surface area contributed by atoms with Gasteiger partial charge in [0, 0.05) is 12.8 Å². The zero-order chi connectivity index (χ0) is 56.4. The number of allylic oxidation sites excluding steroid dienone is 6. The highest BCUT2D eigenvalue weighted by Gasteiger charge is 2.18. The molecule has 1 amide bonds. The first kappa shape index (κ1) is 75.8. The molecule has 0 heterocycles. The molecule has 0 aliphatic heterocycles. The van der Waals surface area contributed by atoms with Crippen molar-refractivity contribution >= 4 is 11.9 Å². The smallest absolute Gasteiger partial charge is 0.305 e. The Kier molecular flexibility index (Phi) is 65.4. The molecule has 0 aromatic rings. The van der Waals surface area contributed by atoms with Crippen LogP contribution in [0.1, 0.15) is 373 Å². The van der Waals surface area contributed by atoms with Gasteiger partial charge in [-0.15, -0.1) is 0 Å². The zero-order valence-corrected chi connectivity index (χ0v) is 52.4. The number of hydrogen-bond donors (Lipinski definition) is 3. The average Bonchev–Trinajstić information content (AvgIpc) is 3.44. The van der Waals surface area contributed by atoms with Crippen LogP contribution in [-0.2, 0) is 14.3 Å². The van der Waals surface area contributed by atoms with Crippen molar-refractivity contribution in [2.24, 2.45) is 0 Å². The van der Waals surface area contributed by atoms with Crippen LogP contribution in [0.15, 0.2) is 48.6 Å². The number of hydrogen-bond acceptors (Lipinski definition) is 5. The molecule has 3 N–H and O–H groups in total. The van der Waals surface area contributed by atoms with E-state index in [2.05, 4.69) is 55.6 Å². The molecular formula is C72H135NO5. The Morgan fingerprint density at radius 2 is 0.641 bits per heavy atom. The number of amides is 1. The minimum atomic E-state index is -0.851. The summed E-state index contributed by atoms with van der Waals surface area (Å²) in [6.07, 6.45) is 87.7. The molecule has 0 rings (SSSR count). The van der Waals surface area contributed by atoms with Gasteiger partial charge in [-0.05, 0) is 77.0 Å². The van der Waals surface area contributed by atoms with Crippen molar-refractivity contribution in [2.45, 2.75) is 386 Å². The van der Waals surface area contributed by atoms with E-state index in [4.69, 9.17) is 4.74 Å². The fourth-order valence-electron chi connectivity index (χ4n) is 10.8. The summed E-state index contributed by atoms with van der Waals surface area (Å²) in [7, 11) is 0. The van der Waals surface area contributed by atoms with Crippen molar-refractivity contribution in [1.29, 1.82) is 0 Å². The van der Waals surface area contributed by atoms with Gasteiger partial charge in [-0.25, -0.2) is 0 Å². The van der Waals surface area contributed by atoms with Crippen molar-refractivity contribution in [3.8, 4) is 0 Å². The Morgan fingerprint density at radius 1 is 0.359 bits per heavy atom. The van der Waals surface area contributed by atoms with Crippen LogP contribution in [-0.4, -0.2) is 47.4 Å². The summed E-state index contributed by atoms with van der Waals surface area (Å²) in [4.78, 5) is 24.6. The van der Waals surface area contributed by atoms with E-state index in [0.29, 0.717) is 19.4 Å². The van der Waals surface area contributed by atoms with E-state index in [1.165, 1.54) is 295 Å². The van der Waals surface area contributed by atoms with Crippen molar-refractivity contribution in [3.05, 3.63) is 48.6 Å². The van der Waals surface area contributed by atoms with Crippen LogP contribution >= 0.6 is 0 Å². The van der Waals surface area contributed by atoms with E-state index in [0.717, 1.165) is 51.4 Å². The van der Waals surface area contributed by atoms with Crippen LogP contribution in [0, 0.1) is 0 Å². The van der Waals surface area contributed by atoms with Gasteiger partial charge in [-0.2, -0.15) is 0 Å².